The first-order valence-corrected chi connectivity index (χ1v) is 9.15. The van der Waals surface area contributed by atoms with E-state index in [-0.39, 0.29) is 22.6 Å². The molecular weight excluding hydrogens is 374 g/mol. The van der Waals surface area contributed by atoms with Gasteiger partial charge in [-0.3, -0.25) is 23.5 Å². The van der Waals surface area contributed by atoms with Crippen molar-refractivity contribution in [3.8, 4) is 0 Å². The van der Waals surface area contributed by atoms with Crippen LogP contribution < -0.4 is 21.5 Å². The SMILES string of the molecule is Cn1c(=O)c2ccc(C(=O)Nc3ccc(N4CCCC4=O)cc3)nc2n(C)c1=O. The summed E-state index contributed by atoms with van der Waals surface area (Å²) >= 11 is 0. The van der Waals surface area contributed by atoms with Gasteiger partial charge in [0, 0.05) is 38.4 Å². The van der Waals surface area contributed by atoms with Crippen LogP contribution in [0.25, 0.3) is 11.0 Å². The van der Waals surface area contributed by atoms with Crippen LogP contribution in [-0.4, -0.2) is 32.5 Å². The molecule has 148 valence electrons. The van der Waals surface area contributed by atoms with Gasteiger partial charge in [-0.05, 0) is 42.8 Å². The number of benzene rings is 1. The van der Waals surface area contributed by atoms with Gasteiger partial charge >= 0.3 is 5.69 Å². The lowest BCUT2D eigenvalue weighted by Gasteiger charge is -2.16. The van der Waals surface area contributed by atoms with Crippen molar-refractivity contribution in [2.24, 2.45) is 14.1 Å². The lowest BCUT2D eigenvalue weighted by atomic mass is 10.2. The zero-order valence-electron chi connectivity index (χ0n) is 16.0. The second kappa shape index (κ2) is 7.01. The summed E-state index contributed by atoms with van der Waals surface area (Å²) in [6.07, 6.45) is 1.40. The van der Waals surface area contributed by atoms with E-state index in [1.165, 1.54) is 30.8 Å². The van der Waals surface area contributed by atoms with E-state index in [1.807, 2.05) is 0 Å². The summed E-state index contributed by atoms with van der Waals surface area (Å²) in [6.45, 7) is 0.698. The average Bonchev–Trinajstić information content (AvgIpc) is 3.16. The number of nitrogens with one attached hydrogen (secondary N) is 1. The maximum atomic E-state index is 12.6. The molecule has 0 unspecified atom stereocenters. The smallest absolute Gasteiger partial charge is 0.321 e. The molecule has 1 aromatic carbocycles. The Labute approximate surface area is 165 Å². The lowest BCUT2D eigenvalue weighted by Crippen LogP contribution is -2.37. The van der Waals surface area contributed by atoms with Crippen molar-refractivity contribution in [1.29, 1.82) is 0 Å². The number of pyridine rings is 1. The lowest BCUT2D eigenvalue weighted by molar-refractivity contribution is -0.117. The third-order valence-electron chi connectivity index (χ3n) is 5.04. The van der Waals surface area contributed by atoms with Crippen LogP contribution in [0.15, 0.2) is 46.0 Å². The van der Waals surface area contributed by atoms with Gasteiger partial charge in [0.05, 0.1) is 5.39 Å². The van der Waals surface area contributed by atoms with E-state index >= 15 is 0 Å². The quantitative estimate of drug-likeness (QED) is 0.715. The van der Waals surface area contributed by atoms with Crippen LogP contribution in [0.5, 0.6) is 0 Å². The van der Waals surface area contributed by atoms with Gasteiger partial charge in [-0.2, -0.15) is 0 Å². The highest BCUT2D eigenvalue weighted by molar-refractivity contribution is 6.04. The number of carbonyl (C=O) groups is 2. The molecule has 3 heterocycles. The van der Waals surface area contributed by atoms with Crippen LogP contribution in [-0.2, 0) is 18.9 Å². The summed E-state index contributed by atoms with van der Waals surface area (Å²) in [7, 11) is 2.89. The summed E-state index contributed by atoms with van der Waals surface area (Å²) < 4.78 is 2.23. The molecule has 4 rings (SSSR count). The van der Waals surface area contributed by atoms with E-state index in [4.69, 9.17) is 0 Å². The van der Waals surface area contributed by atoms with E-state index in [1.54, 1.807) is 29.2 Å². The standard InChI is InChI=1S/C20H19N5O4/c1-23-17-14(19(28)24(2)20(23)29)9-10-15(22-17)18(27)21-12-5-7-13(8-6-12)25-11-3-4-16(25)26/h5-10H,3-4,11H2,1-2H3,(H,21,27). The van der Waals surface area contributed by atoms with Crippen LogP contribution in [0.3, 0.4) is 0 Å². The fourth-order valence-electron chi connectivity index (χ4n) is 3.42. The van der Waals surface area contributed by atoms with Crippen LogP contribution in [0.1, 0.15) is 23.3 Å². The molecule has 0 saturated carbocycles. The molecule has 1 N–H and O–H groups in total. The van der Waals surface area contributed by atoms with E-state index < -0.39 is 17.2 Å². The Bertz CT molecular complexity index is 1260. The van der Waals surface area contributed by atoms with E-state index in [9.17, 15) is 19.2 Å². The van der Waals surface area contributed by atoms with Gasteiger partial charge < -0.3 is 10.2 Å². The van der Waals surface area contributed by atoms with Crippen molar-refractivity contribution >= 4 is 34.2 Å². The molecule has 0 aliphatic carbocycles. The first-order valence-electron chi connectivity index (χ1n) is 9.15. The Morgan fingerprint density at radius 3 is 2.38 bits per heavy atom. The molecule has 2 amide bonds. The summed E-state index contributed by atoms with van der Waals surface area (Å²) in [6, 6.07) is 9.92. The van der Waals surface area contributed by atoms with Crippen molar-refractivity contribution in [2.45, 2.75) is 12.8 Å². The molecule has 0 radical (unpaired) electrons. The topological polar surface area (TPSA) is 106 Å². The Morgan fingerprint density at radius 1 is 1.00 bits per heavy atom. The average molecular weight is 393 g/mol. The summed E-state index contributed by atoms with van der Waals surface area (Å²) in [5, 5.41) is 2.99. The number of rotatable bonds is 3. The molecule has 0 atom stereocenters. The number of nitrogens with zero attached hydrogens (tertiary/aromatic N) is 4. The van der Waals surface area contributed by atoms with E-state index in [0.717, 1.165) is 16.7 Å². The van der Waals surface area contributed by atoms with Gasteiger partial charge in [0.1, 0.15) is 11.3 Å². The number of carbonyl (C=O) groups excluding carboxylic acids is 2. The maximum absolute atomic E-state index is 12.6. The van der Waals surface area contributed by atoms with Gasteiger partial charge in [0.25, 0.3) is 11.5 Å². The van der Waals surface area contributed by atoms with Gasteiger partial charge in [0.15, 0.2) is 0 Å². The van der Waals surface area contributed by atoms with Crippen LogP contribution in [0.2, 0.25) is 0 Å². The fourth-order valence-corrected chi connectivity index (χ4v) is 3.42. The molecule has 29 heavy (non-hydrogen) atoms. The summed E-state index contributed by atoms with van der Waals surface area (Å²) in [4.78, 5) is 54.7. The van der Waals surface area contributed by atoms with Crippen LogP contribution in [0.4, 0.5) is 11.4 Å². The summed E-state index contributed by atoms with van der Waals surface area (Å²) in [5.74, 6) is -0.371. The molecule has 1 aliphatic heterocycles. The second-order valence-corrected chi connectivity index (χ2v) is 6.92. The minimum atomic E-state index is -0.514. The van der Waals surface area contributed by atoms with Crippen LogP contribution in [0, 0.1) is 0 Å². The number of fused-ring (bicyclic) bond motifs is 1. The highest BCUT2D eigenvalue weighted by atomic mass is 16.2. The van der Waals surface area contributed by atoms with Crippen molar-refractivity contribution < 1.29 is 9.59 Å². The highest BCUT2D eigenvalue weighted by Gasteiger charge is 2.21. The largest absolute Gasteiger partial charge is 0.332 e. The van der Waals surface area contributed by atoms with Gasteiger partial charge in [-0.25, -0.2) is 9.78 Å². The monoisotopic (exact) mass is 393 g/mol. The predicted molar refractivity (Wildman–Crippen MR) is 108 cm³/mol. The first-order chi connectivity index (χ1) is 13.9. The number of amides is 2. The Morgan fingerprint density at radius 2 is 1.72 bits per heavy atom. The molecule has 0 spiro atoms. The zero-order chi connectivity index (χ0) is 20.7. The third-order valence-corrected chi connectivity index (χ3v) is 5.04. The number of aromatic nitrogens is 3. The molecule has 1 saturated heterocycles. The number of anilines is 2. The molecule has 3 aromatic rings. The molecule has 1 aliphatic rings. The number of hydrogen-bond acceptors (Lipinski definition) is 5. The Hall–Kier alpha value is -3.75. The number of hydrogen-bond donors (Lipinski definition) is 1. The molecule has 0 bridgehead atoms. The Balaban J connectivity index is 1.60. The molecule has 1 fully saturated rings. The van der Waals surface area contributed by atoms with Gasteiger partial charge in [0.2, 0.25) is 5.91 Å². The van der Waals surface area contributed by atoms with Crippen LogP contribution >= 0.6 is 0 Å². The minimum absolute atomic E-state index is 0.0829. The van der Waals surface area contributed by atoms with Crippen molar-refractivity contribution in [3.05, 3.63) is 62.9 Å². The van der Waals surface area contributed by atoms with Crippen molar-refractivity contribution in [2.75, 3.05) is 16.8 Å². The second-order valence-electron chi connectivity index (χ2n) is 6.92. The molecular formula is C20H19N5O4. The summed E-state index contributed by atoms with van der Waals surface area (Å²) in [5.41, 5.74) is 0.590. The fraction of sp³-hybridized carbons (Fsp3) is 0.250. The van der Waals surface area contributed by atoms with Crippen molar-refractivity contribution in [1.82, 2.24) is 14.1 Å². The normalized spacial score (nSPS) is 13.9. The van der Waals surface area contributed by atoms with Gasteiger partial charge in [-0.15, -0.1) is 0 Å². The number of aryl methyl sites for hydroxylation is 1. The maximum Gasteiger partial charge on any atom is 0.332 e. The predicted octanol–water partition coefficient (Wildman–Crippen LogP) is 1.01. The molecule has 9 heteroatoms. The zero-order valence-corrected chi connectivity index (χ0v) is 16.0. The minimum Gasteiger partial charge on any atom is -0.321 e. The van der Waals surface area contributed by atoms with E-state index in [2.05, 4.69) is 10.3 Å². The van der Waals surface area contributed by atoms with Gasteiger partial charge in [-0.1, -0.05) is 0 Å². The third kappa shape index (κ3) is 3.20. The van der Waals surface area contributed by atoms with Crippen molar-refractivity contribution in [3.63, 3.8) is 0 Å². The molecule has 9 nitrogen and oxygen atoms in total. The highest BCUT2D eigenvalue weighted by Crippen LogP contribution is 2.23. The Kier molecular flexibility index (Phi) is 4.50. The molecule has 2 aromatic heterocycles. The first kappa shape index (κ1) is 18.6. The van der Waals surface area contributed by atoms with E-state index in [0.29, 0.717) is 18.7 Å².